The number of benzene rings is 1. The SMILES string of the molecule is c1ccc2c(c1)sc1c(C3CCCC3)nccc12. The van der Waals surface area contributed by atoms with E-state index in [9.17, 15) is 0 Å². The molecular weight excluding hydrogens is 238 g/mol. The largest absolute Gasteiger partial charge is 0.259 e. The Kier molecular flexibility index (Phi) is 2.37. The zero-order valence-corrected chi connectivity index (χ0v) is 11.0. The van der Waals surface area contributed by atoms with Gasteiger partial charge in [0.25, 0.3) is 0 Å². The highest BCUT2D eigenvalue weighted by atomic mass is 32.1. The summed E-state index contributed by atoms with van der Waals surface area (Å²) < 4.78 is 2.81. The number of pyridine rings is 1. The van der Waals surface area contributed by atoms with Crippen molar-refractivity contribution in [3.8, 4) is 0 Å². The third-order valence-corrected chi connectivity index (χ3v) is 5.27. The van der Waals surface area contributed by atoms with Gasteiger partial charge in [0.1, 0.15) is 0 Å². The van der Waals surface area contributed by atoms with Gasteiger partial charge >= 0.3 is 0 Å². The lowest BCUT2D eigenvalue weighted by molar-refractivity contribution is 0.706. The predicted molar refractivity (Wildman–Crippen MR) is 78.3 cm³/mol. The minimum atomic E-state index is 0.696. The van der Waals surface area contributed by atoms with Gasteiger partial charge in [-0.3, -0.25) is 4.98 Å². The molecule has 0 saturated heterocycles. The molecule has 0 atom stereocenters. The number of hydrogen-bond acceptors (Lipinski definition) is 2. The van der Waals surface area contributed by atoms with Crippen LogP contribution in [0.1, 0.15) is 37.3 Å². The first-order chi connectivity index (χ1) is 8.93. The topological polar surface area (TPSA) is 12.9 Å². The number of thiophene rings is 1. The standard InChI is InChI=1S/C16H15NS/c1-2-6-11(5-1)15-16-13(9-10-17-15)12-7-3-4-8-14(12)18-16/h3-4,7-11H,1-2,5-6H2. The highest BCUT2D eigenvalue weighted by Gasteiger charge is 2.21. The summed E-state index contributed by atoms with van der Waals surface area (Å²) in [5.41, 5.74) is 1.35. The predicted octanol–water partition coefficient (Wildman–Crippen LogP) is 5.11. The fourth-order valence-electron chi connectivity index (χ4n) is 3.16. The molecule has 2 aromatic heterocycles. The summed E-state index contributed by atoms with van der Waals surface area (Å²) in [6, 6.07) is 10.9. The third-order valence-electron chi connectivity index (χ3n) is 4.06. The summed E-state index contributed by atoms with van der Waals surface area (Å²) in [4.78, 5) is 4.69. The number of hydrogen-bond donors (Lipinski definition) is 0. The van der Waals surface area contributed by atoms with Crippen LogP contribution in [-0.4, -0.2) is 4.98 Å². The third kappa shape index (κ3) is 1.49. The van der Waals surface area contributed by atoms with Gasteiger partial charge in [-0.25, -0.2) is 0 Å². The lowest BCUT2D eigenvalue weighted by Gasteiger charge is -2.08. The summed E-state index contributed by atoms with van der Waals surface area (Å²) in [5, 5.41) is 2.78. The van der Waals surface area contributed by atoms with E-state index in [2.05, 4.69) is 30.3 Å². The van der Waals surface area contributed by atoms with Gasteiger partial charge in [-0.05, 0) is 25.0 Å². The van der Waals surface area contributed by atoms with Gasteiger partial charge in [0.15, 0.2) is 0 Å². The van der Waals surface area contributed by atoms with E-state index in [1.165, 1.54) is 51.5 Å². The first-order valence-corrected chi connectivity index (χ1v) is 7.51. The van der Waals surface area contributed by atoms with Gasteiger partial charge in [0.05, 0.1) is 10.4 Å². The molecule has 1 fully saturated rings. The van der Waals surface area contributed by atoms with Gasteiger partial charge in [-0.2, -0.15) is 0 Å². The van der Waals surface area contributed by atoms with Gasteiger partial charge in [-0.15, -0.1) is 11.3 Å². The van der Waals surface area contributed by atoms with E-state index in [0.717, 1.165) is 0 Å². The Morgan fingerprint density at radius 1 is 1.00 bits per heavy atom. The molecule has 0 radical (unpaired) electrons. The Morgan fingerprint density at radius 3 is 2.72 bits per heavy atom. The first kappa shape index (κ1) is 10.5. The maximum absolute atomic E-state index is 4.69. The molecule has 2 heterocycles. The summed E-state index contributed by atoms with van der Waals surface area (Å²) in [6.45, 7) is 0. The Bertz CT molecular complexity index is 707. The van der Waals surface area contributed by atoms with Crippen LogP contribution in [0, 0.1) is 0 Å². The van der Waals surface area contributed by atoms with Crippen LogP contribution in [0.2, 0.25) is 0 Å². The lowest BCUT2D eigenvalue weighted by atomic mass is 10.0. The monoisotopic (exact) mass is 253 g/mol. The van der Waals surface area contributed by atoms with E-state index in [0.29, 0.717) is 5.92 Å². The van der Waals surface area contributed by atoms with Crippen molar-refractivity contribution in [2.24, 2.45) is 0 Å². The van der Waals surface area contributed by atoms with Crippen molar-refractivity contribution in [3.05, 3.63) is 42.2 Å². The molecule has 18 heavy (non-hydrogen) atoms. The lowest BCUT2D eigenvalue weighted by Crippen LogP contribution is -1.95. The summed E-state index contributed by atoms with van der Waals surface area (Å²) in [7, 11) is 0. The molecular formula is C16H15NS. The fraction of sp³-hybridized carbons (Fsp3) is 0.312. The van der Waals surface area contributed by atoms with Crippen molar-refractivity contribution in [3.63, 3.8) is 0 Å². The summed E-state index contributed by atoms with van der Waals surface area (Å²) in [5.74, 6) is 0.696. The highest BCUT2D eigenvalue weighted by Crippen LogP contribution is 2.41. The molecule has 0 N–H and O–H groups in total. The second kappa shape index (κ2) is 4.06. The molecule has 1 nitrogen and oxygen atoms in total. The molecule has 1 aliphatic carbocycles. The molecule has 1 saturated carbocycles. The van der Waals surface area contributed by atoms with Crippen LogP contribution in [-0.2, 0) is 0 Å². The molecule has 4 rings (SSSR count). The number of aromatic nitrogens is 1. The average Bonchev–Trinajstić information content (AvgIpc) is 3.05. The molecule has 90 valence electrons. The molecule has 1 aromatic carbocycles. The Balaban J connectivity index is 2.03. The second-order valence-electron chi connectivity index (χ2n) is 5.15. The maximum Gasteiger partial charge on any atom is 0.0612 e. The molecule has 0 unspecified atom stereocenters. The molecule has 2 heteroatoms. The van der Waals surface area contributed by atoms with Crippen molar-refractivity contribution >= 4 is 31.5 Å². The normalized spacial score (nSPS) is 16.9. The fourth-order valence-corrected chi connectivity index (χ4v) is 4.43. The van der Waals surface area contributed by atoms with E-state index in [-0.39, 0.29) is 0 Å². The van der Waals surface area contributed by atoms with E-state index >= 15 is 0 Å². The molecule has 0 spiro atoms. The molecule has 1 aliphatic rings. The molecule has 0 bridgehead atoms. The van der Waals surface area contributed by atoms with Crippen molar-refractivity contribution in [1.29, 1.82) is 0 Å². The number of fused-ring (bicyclic) bond motifs is 3. The minimum absolute atomic E-state index is 0.696. The van der Waals surface area contributed by atoms with Crippen LogP contribution in [0.5, 0.6) is 0 Å². The van der Waals surface area contributed by atoms with Gasteiger partial charge in [0, 0.05) is 27.6 Å². The van der Waals surface area contributed by atoms with Crippen LogP contribution in [0.4, 0.5) is 0 Å². The number of nitrogens with zero attached hydrogens (tertiary/aromatic N) is 1. The molecule has 0 aliphatic heterocycles. The number of rotatable bonds is 1. The van der Waals surface area contributed by atoms with Crippen molar-refractivity contribution < 1.29 is 0 Å². The van der Waals surface area contributed by atoms with Crippen molar-refractivity contribution in [2.75, 3.05) is 0 Å². The Hall–Kier alpha value is -1.41. The van der Waals surface area contributed by atoms with E-state index in [1.807, 2.05) is 17.5 Å². The van der Waals surface area contributed by atoms with Crippen LogP contribution >= 0.6 is 11.3 Å². The van der Waals surface area contributed by atoms with E-state index in [4.69, 9.17) is 4.98 Å². The quantitative estimate of drug-likeness (QED) is 0.587. The van der Waals surface area contributed by atoms with Crippen molar-refractivity contribution in [2.45, 2.75) is 31.6 Å². The first-order valence-electron chi connectivity index (χ1n) is 6.69. The van der Waals surface area contributed by atoms with Crippen LogP contribution in [0.3, 0.4) is 0 Å². The van der Waals surface area contributed by atoms with Crippen LogP contribution in [0.15, 0.2) is 36.5 Å². The van der Waals surface area contributed by atoms with E-state index in [1.54, 1.807) is 0 Å². The Morgan fingerprint density at radius 2 is 1.83 bits per heavy atom. The van der Waals surface area contributed by atoms with E-state index < -0.39 is 0 Å². The zero-order valence-electron chi connectivity index (χ0n) is 10.2. The summed E-state index contributed by atoms with van der Waals surface area (Å²) in [6.07, 6.45) is 7.37. The smallest absolute Gasteiger partial charge is 0.0612 e. The summed E-state index contributed by atoms with van der Waals surface area (Å²) >= 11 is 1.91. The highest BCUT2D eigenvalue weighted by molar-refractivity contribution is 7.26. The van der Waals surface area contributed by atoms with Crippen LogP contribution < -0.4 is 0 Å². The second-order valence-corrected chi connectivity index (χ2v) is 6.20. The Labute approximate surface area is 110 Å². The maximum atomic E-state index is 4.69. The molecule has 0 amide bonds. The van der Waals surface area contributed by atoms with Crippen LogP contribution in [0.25, 0.3) is 20.2 Å². The van der Waals surface area contributed by atoms with Crippen molar-refractivity contribution in [1.82, 2.24) is 4.98 Å². The molecule has 3 aromatic rings. The van der Waals surface area contributed by atoms with Gasteiger partial charge < -0.3 is 0 Å². The van der Waals surface area contributed by atoms with Gasteiger partial charge in [-0.1, -0.05) is 31.0 Å². The minimum Gasteiger partial charge on any atom is -0.259 e. The average molecular weight is 253 g/mol. The van der Waals surface area contributed by atoms with Gasteiger partial charge in [0.2, 0.25) is 0 Å². The zero-order chi connectivity index (χ0) is 11.9.